The minimum atomic E-state index is 0.348. The second kappa shape index (κ2) is 7.14. The smallest absolute Gasteiger partial charge is 0.231 e. The van der Waals surface area contributed by atoms with Gasteiger partial charge in [-0.3, -0.25) is 0 Å². The number of likely N-dealkylation sites (tertiary alicyclic amines) is 1. The van der Waals surface area contributed by atoms with Gasteiger partial charge in [-0.05, 0) is 69.1 Å². The van der Waals surface area contributed by atoms with Crippen molar-refractivity contribution in [3.63, 3.8) is 0 Å². The first-order chi connectivity index (χ1) is 10.3. The molecule has 2 aliphatic heterocycles. The van der Waals surface area contributed by atoms with Crippen molar-refractivity contribution in [3.05, 3.63) is 23.8 Å². The van der Waals surface area contributed by atoms with Gasteiger partial charge in [0.1, 0.15) is 0 Å². The van der Waals surface area contributed by atoms with Gasteiger partial charge >= 0.3 is 0 Å². The normalized spacial score (nSPS) is 19.1. The third kappa shape index (κ3) is 4.11. The molecule has 21 heavy (non-hydrogen) atoms. The molecule has 2 heterocycles. The quantitative estimate of drug-likeness (QED) is 0.817. The summed E-state index contributed by atoms with van der Waals surface area (Å²) < 4.78 is 10.7. The molecular weight excluding hydrogens is 264 g/mol. The van der Waals surface area contributed by atoms with Crippen molar-refractivity contribution in [2.45, 2.75) is 32.7 Å². The molecule has 2 aliphatic rings. The lowest BCUT2D eigenvalue weighted by Gasteiger charge is -2.30. The lowest BCUT2D eigenvalue weighted by molar-refractivity contribution is 0.174. The maximum Gasteiger partial charge on any atom is 0.231 e. The summed E-state index contributed by atoms with van der Waals surface area (Å²) in [5, 5.41) is 3.52. The van der Waals surface area contributed by atoms with Crippen LogP contribution in [0.1, 0.15) is 31.7 Å². The van der Waals surface area contributed by atoms with Gasteiger partial charge in [0, 0.05) is 6.54 Å². The Morgan fingerprint density at radius 2 is 2.00 bits per heavy atom. The maximum absolute atomic E-state index is 5.40. The number of piperidine rings is 1. The zero-order valence-electron chi connectivity index (χ0n) is 12.9. The summed E-state index contributed by atoms with van der Waals surface area (Å²) in [7, 11) is 0. The van der Waals surface area contributed by atoms with E-state index < -0.39 is 0 Å². The molecule has 1 fully saturated rings. The molecule has 0 atom stereocenters. The molecule has 0 radical (unpaired) electrons. The number of ether oxygens (including phenoxy) is 2. The van der Waals surface area contributed by atoms with Crippen LogP contribution in [0.15, 0.2) is 18.2 Å². The number of hydrogen-bond donors (Lipinski definition) is 1. The number of hydrogen-bond acceptors (Lipinski definition) is 4. The zero-order valence-corrected chi connectivity index (χ0v) is 12.9. The number of rotatable bonds is 6. The van der Waals surface area contributed by atoms with Crippen LogP contribution in [0, 0.1) is 5.92 Å². The molecule has 0 amide bonds. The molecule has 1 aromatic carbocycles. The van der Waals surface area contributed by atoms with Crippen molar-refractivity contribution in [2.75, 3.05) is 33.0 Å². The minimum Gasteiger partial charge on any atom is -0.454 e. The van der Waals surface area contributed by atoms with E-state index in [1.54, 1.807) is 0 Å². The fourth-order valence-corrected chi connectivity index (χ4v) is 3.00. The highest BCUT2D eigenvalue weighted by atomic mass is 16.7. The molecule has 0 saturated carbocycles. The Balaban J connectivity index is 1.31. The molecule has 3 rings (SSSR count). The summed E-state index contributed by atoms with van der Waals surface area (Å²) in [5.74, 6) is 2.65. The van der Waals surface area contributed by atoms with Crippen LogP contribution in [0.5, 0.6) is 11.5 Å². The second-order valence-corrected chi connectivity index (χ2v) is 6.24. The van der Waals surface area contributed by atoms with Crippen LogP contribution in [0.3, 0.4) is 0 Å². The summed E-state index contributed by atoms with van der Waals surface area (Å²) in [6, 6.07) is 6.17. The molecular formula is C17H26N2O2. The number of fused-ring (bicyclic) bond motifs is 1. The van der Waals surface area contributed by atoms with E-state index in [9.17, 15) is 0 Å². The van der Waals surface area contributed by atoms with Gasteiger partial charge in [0.05, 0.1) is 0 Å². The van der Waals surface area contributed by atoms with Crippen LogP contribution >= 0.6 is 0 Å². The van der Waals surface area contributed by atoms with Gasteiger partial charge in [0.2, 0.25) is 6.79 Å². The monoisotopic (exact) mass is 290 g/mol. The Morgan fingerprint density at radius 3 is 2.86 bits per heavy atom. The van der Waals surface area contributed by atoms with E-state index in [1.807, 2.05) is 6.07 Å². The highest BCUT2D eigenvalue weighted by Crippen LogP contribution is 2.32. The number of nitrogens with one attached hydrogen (secondary N) is 1. The molecule has 1 aromatic rings. The topological polar surface area (TPSA) is 33.7 Å². The van der Waals surface area contributed by atoms with Crippen LogP contribution < -0.4 is 14.8 Å². The lowest BCUT2D eigenvalue weighted by atomic mass is 9.99. The summed E-state index contributed by atoms with van der Waals surface area (Å²) >= 11 is 0. The first-order valence-corrected chi connectivity index (χ1v) is 8.13. The predicted molar refractivity (Wildman–Crippen MR) is 83.7 cm³/mol. The molecule has 0 unspecified atom stereocenters. The van der Waals surface area contributed by atoms with Crippen molar-refractivity contribution in [3.8, 4) is 11.5 Å². The Hall–Kier alpha value is -1.26. The van der Waals surface area contributed by atoms with E-state index >= 15 is 0 Å². The zero-order chi connectivity index (χ0) is 14.5. The van der Waals surface area contributed by atoms with Gasteiger partial charge < -0.3 is 19.7 Å². The van der Waals surface area contributed by atoms with Crippen LogP contribution in [0.4, 0.5) is 0 Å². The van der Waals surface area contributed by atoms with Gasteiger partial charge in [-0.1, -0.05) is 13.0 Å². The van der Waals surface area contributed by atoms with Crippen LogP contribution in [-0.2, 0) is 6.54 Å². The van der Waals surface area contributed by atoms with Gasteiger partial charge in [0.15, 0.2) is 11.5 Å². The van der Waals surface area contributed by atoms with Gasteiger partial charge in [-0.15, -0.1) is 0 Å². The standard InChI is InChI=1S/C17H26N2O2/c1-14-5-9-19(10-6-14)8-2-7-18-12-15-3-4-16-17(11-15)21-13-20-16/h3-4,11,14,18H,2,5-10,12-13H2,1H3. The van der Waals surface area contributed by atoms with Crippen molar-refractivity contribution in [1.29, 1.82) is 0 Å². The van der Waals surface area contributed by atoms with Crippen molar-refractivity contribution in [2.24, 2.45) is 5.92 Å². The third-order valence-corrected chi connectivity index (χ3v) is 4.47. The van der Waals surface area contributed by atoms with E-state index in [0.29, 0.717) is 6.79 Å². The molecule has 4 nitrogen and oxygen atoms in total. The highest BCUT2D eigenvalue weighted by molar-refractivity contribution is 5.44. The molecule has 116 valence electrons. The first-order valence-electron chi connectivity index (χ1n) is 8.13. The summed E-state index contributed by atoms with van der Waals surface area (Å²) in [6.45, 7) is 8.46. The average molecular weight is 290 g/mol. The van der Waals surface area contributed by atoms with Crippen LogP contribution in [0.25, 0.3) is 0 Å². The summed E-state index contributed by atoms with van der Waals surface area (Å²) in [6.07, 6.45) is 3.95. The Labute approximate surface area is 127 Å². The number of nitrogens with zero attached hydrogens (tertiary/aromatic N) is 1. The molecule has 4 heteroatoms. The molecule has 0 bridgehead atoms. The molecule has 0 aromatic heterocycles. The van der Waals surface area contributed by atoms with E-state index in [-0.39, 0.29) is 0 Å². The third-order valence-electron chi connectivity index (χ3n) is 4.47. The fraction of sp³-hybridized carbons (Fsp3) is 0.647. The van der Waals surface area contributed by atoms with E-state index in [0.717, 1.165) is 30.5 Å². The van der Waals surface area contributed by atoms with Gasteiger partial charge in [0.25, 0.3) is 0 Å². The lowest BCUT2D eigenvalue weighted by Crippen LogP contribution is -2.34. The number of benzene rings is 1. The van der Waals surface area contributed by atoms with Gasteiger partial charge in [-0.2, -0.15) is 0 Å². The Kier molecular flexibility index (Phi) is 4.99. The molecule has 1 saturated heterocycles. The summed E-state index contributed by atoms with van der Waals surface area (Å²) in [5.41, 5.74) is 1.26. The Bertz CT molecular complexity index is 456. The molecule has 0 spiro atoms. The molecule has 1 N–H and O–H groups in total. The van der Waals surface area contributed by atoms with Crippen LogP contribution in [-0.4, -0.2) is 37.9 Å². The average Bonchev–Trinajstić information content (AvgIpc) is 2.96. The van der Waals surface area contributed by atoms with Crippen molar-refractivity contribution in [1.82, 2.24) is 10.2 Å². The SMILES string of the molecule is CC1CCN(CCCNCc2ccc3c(c2)OCO3)CC1. The second-order valence-electron chi connectivity index (χ2n) is 6.24. The maximum atomic E-state index is 5.40. The fourth-order valence-electron chi connectivity index (χ4n) is 3.00. The first kappa shape index (κ1) is 14.7. The van der Waals surface area contributed by atoms with Crippen molar-refractivity contribution < 1.29 is 9.47 Å². The molecule has 0 aliphatic carbocycles. The predicted octanol–water partition coefficient (Wildman–Crippen LogP) is 2.63. The minimum absolute atomic E-state index is 0.348. The van der Waals surface area contributed by atoms with E-state index in [4.69, 9.17) is 9.47 Å². The largest absolute Gasteiger partial charge is 0.454 e. The highest BCUT2D eigenvalue weighted by Gasteiger charge is 2.15. The summed E-state index contributed by atoms with van der Waals surface area (Å²) in [4.78, 5) is 2.60. The van der Waals surface area contributed by atoms with Crippen molar-refractivity contribution >= 4 is 0 Å². The van der Waals surface area contributed by atoms with Gasteiger partial charge in [-0.25, -0.2) is 0 Å². The van der Waals surface area contributed by atoms with E-state index in [2.05, 4.69) is 29.3 Å². The van der Waals surface area contributed by atoms with E-state index in [1.165, 1.54) is 44.5 Å². The van der Waals surface area contributed by atoms with Crippen LogP contribution in [0.2, 0.25) is 0 Å². The Morgan fingerprint density at radius 1 is 1.19 bits per heavy atom.